The standard InChI is InChI=1S/C43H67NO12.C3H4/c1-7-10-30-18-25(2)17-26(3)19-37(54-6)39-31(23-45)14-15-43(53,56-39)40(50)41(51)44-16-9-8-11-33(44)42(52)55-38(28(5)35(48)22-36(30)49)27(4)20-29-12-13-34(47)32(21-29)24-46;1-3-2/h7,18,20,26,28-35,37-39,45-48,53H,1,8-17,19,21-24H2,2-6H3;1H,2H3/b25-18+,27-20+;/t26-,28+,29-,30+,31+,32-,33?,34+,35-,37-,38+,39?,43+;/m0./s1. The summed E-state index contributed by atoms with van der Waals surface area (Å²) in [6, 6.07) is -1.16. The topological polar surface area (TPSA) is 200 Å². The largest absolute Gasteiger partial charge is 0.456 e. The van der Waals surface area contributed by atoms with Gasteiger partial charge in [0.15, 0.2) is 0 Å². The number of methoxy groups -OCH3 is 1. The third-order valence-electron chi connectivity index (χ3n) is 12.7. The Balaban J connectivity index is 0.00000300. The van der Waals surface area contributed by atoms with Gasteiger partial charge in [0.25, 0.3) is 11.7 Å². The van der Waals surface area contributed by atoms with Crippen LogP contribution < -0.4 is 0 Å². The van der Waals surface area contributed by atoms with Crippen molar-refractivity contribution < 1.29 is 58.9 Å². The van der Waals surface area contributed by atoms with Crippen molar-refractivity contribution in [3.63, 3.8) is 0 Å². The van der Waals surface area contributed by atoms with E-state index < -0.39 is 77.8 Å². The van der Waals surface area contributed by atoms with Gasteiger partial charge in [0.1, 0.15) is 17.9 Å². The Morgan fingerprint density at radius 2 is 1.71 bits per heavy atom. The summed E-state index contributed by atoms with van der Waals surface area (Å²) in [4.78, 5) is 57.2. The highest BCUT2D eigenvalue weighted by molar-refractivity contribution is 6.39. The summed E-state index contributed by atoms with van der Waals surface area (Å²) >= 11 is 0. The van der Waals surface area contributed by atoms with Gasteiger partial charge in [-0.1, -0.05) is 37.6 Å². The highest BCUT2D eigenvalue weighted by Gasteiger charge is 2.52. The number of esters is 1. The van der Waals surface area contributed by atoms with Gasteiger partial charge < -0.3 is 44.6 Å². The van der Waals surface area contributed by atoms with Crippen LogP contribution in [0.4, 0.5) is 0 Å². The van der Waals surface area contributed by atoms with Crippen LogP contribution >= 0.6 is 0 Å². The van der Waals surface area contributed by atoms with Gasteiger partial charge in [0, 0.05) is 63.4 Å². The van der Waals surface area contributed by atoms with E-state index in [1.807, 2.05) is 26.0 Å². The summed E-state index contributed by atoms with van der Waals surface area (Å²) in [5.41, 5.74) is 1.55. The third kappa shape index (κ3) is 13.4. The summed E-state index contributed by atoms with van der Waals surface area (Å²) in [6.07, 6.45) is 9.72. The molecule has 1 saturated carbocycles. The van der Waals surface area contributed by atoms with E-state index in [0.717, 1.165) is 10.5 Å². The fourth-order valence-electron chi connectivity index (χ4n) is 9.32. The fraction of sp³-hybridized carbons (Fsp3) is 0.739. The molecule has 2 bridgehead atoms. The van der Waals surface area contributed by atoms with E-state index in [-0.39, 0.29) is 69.0 Å². The highest BCUT2D eigenvalue weighted by atomic mass is 16.6. The lowest BCUT2D eigenvalue weighted by Gasteiger charge is -2.44. The van der Waals surface area contributed by atoms with Crippen LogP contribution in [0, 0.1) is 47.9 Å². The van der Waals surface area contributed by atoms with Crippen molar-refractivity contribution in [2.24, 2.45) is 35.5 Å². The van der Waals surface area contributed by atoms with E-state index in [1.165, 1.54) is 7.11 Å². The summed E-state index contributed by atoms with van der Waals surface area (Å²) in [7, 11) is 1.49. The molecule has 13 atom stereocenters. The van der Waals surface area contributed by atoms with E-state index >= 15 is 0 Å². The van der Waals surface area contributed by atoms with Crippen molar-refractivity contribution in [3.8, 4) is 12.3 Å². The molecule has 0 aromatic rings. The second-order valence-corrected chi connectivity index (χ2v) is 17.4. The molecule has 0 radical (unpaired) electrons. The normalized spacial score (nSPS) is 38.2. The SMILES string of the molecule is C#CC.C=CC[C@@H]1/C=C(\C)C[C@H](C)C[C@H](OC)C2O[C@](O)(CC[C@@H]2CO)C(=O)C(=O)N2CCCCC2C(=O)O[C@H](/C(C)=C/[C@@H]2CC[C@@H](O)[C@H](CO)C2)[C@H](C)[C@@H](O)CC1=O. The molecule has 2 saturated heterocycles. The van der Waals surface area contributed by atoms with Gasteiger partial charge in [-0.25, -0.2) is 4.79 Å². The van der Waals surface area contributed by atoms with Crippen molar-refractivity contribution in [1.82, 2.24) is 4.90 Å². The Hall–Kier alpha value is -3.22. The minimum atomic E-state index is -2.51. The Morgan fingerprint density at radius 3 is 2.34 bits per heavy atom. The molecule has 332 valence electrons. The van der Waals surface area contributed by atoms with Crippen LogP contribution in [0.2, 0.25) is 0 Å². The molecule has 5 N–H and O–H groups in total. The number of aliphatic hydroxyl groups excluding tert-OH is 4. The average Bonchev–Trinajstić information content (AvgIpc) is 3.21. The summed E-state index contributed by atoms with van der Waals surface area (Å²) in [6.45, 7) is 12.5. The Labute approximate surface area is 351 Å². The Kier molecular flexibility index (Phi) is 20.1. The molecule has 59 heavy (non-hydrogen) atoms. The quantitative estimate of drug-likeness (QED) is 0.106. The predicted octanol–water partition coefficient (Wildman–Crippen LogP) is 4.22. The van der Waals surface area contributed by atoms with Gasteiger partial charge in [0.05, 0.1) is 24.4 Å². The number of nitrogens with zero attached hydrogens (tertiary/aromatic N) is 1. The maximum atomic E-state index is 14.2. The summed E-state index contributed by atoms with van der Waals surface area (Å²) in [5, 5.41) is 53.9. The number of rotatable bonds is 7. The van der Waals surface area contributed by atoms with E-state index in [9.17, 15) is 44.7 Å². The van der Waals surface area contributed by atoms with Gasteiger partial charge >= 0.3 is 5.97 Å². The summed E-state index contributed by atoms with van der Waals surface area (Å²) in [5.74, 6) is -5.68. The van der Waals surface area contributed by atoms with Crippen molar-refractivity contribution in [2.45, 2.75) is 154 Å². The van der Waals surface area contributed by atoms with Crippen molar-refractivity contribution in [2.75, 3.05) is 26.9 Å². The number of hydrogen-bond donors (Lipinski definition) is 5. The van der Waals surface area contributed by atoms with E-state index in [0.29, 0.717) is 56.9 Å². The van der Waals surface area contributed by atoms with Crippen LogP contribution in [0.25, 0.3) is 0 Å². The number of allylic oxidation sites excluding steroid dienone is 4. The second kappa shape index (κ2) is 23.7. The van der Waals surface area contributed by atoms with Gasteiger partial charge in [-0.15, -0.1) is 18.9 Å². The second-order valence-electron chi connectivity index (χ2n) is 17.4. The maximum absolute atomic E-state index is 14.2. The van der Waals surface area contributed by atoms with Gasteiger partial charge in [-0.05, 0) is 102 Å². The van der Waals surface area contributed by atoms with E-state index in [4.69, 9.17) is 14.2 Å². The van der Waals surface area contributed by atoms with Crippen LogP contribution in [-0.2, 0) is 33.4 Å². The molecule has 2 unspecified atom stereocenters. The molecule has 0 aromatic heterocycles. The molecule has 4 aliphatic rings. The molecule has 0 spiro atoms. The number of ketones is 2. The highest BCUT2D eigenvalue weighted by Crippen LogP contribution is 2.38. The number of cyclic esters (lactones) is 1. The first-order valence-corrected chi connectivity index (χ1v) is 21.4. The molecule has 3 fully saturated rings. The van der Waals surface area contributed by atoms with Crippen molar-refractivity contribution in [3.05, 3.63) is 36.0 Å². The van der Waals surface area contributed by atoms with Crippen molar-refractivity contribution >= 4 is 23.4 Å². The lowest BCUT2D eigenvalue weighted by molar-refractivity contribution is -0.274. The molecule has 4 rings (SSSR count). The zero-order valence-electron chi connectivity index (χ0n) is 36.1. The Morgan fingerprint density at radius 1 is 1.03 bits per heavy atom. The molecule has 1 amide bonds. The van der Waals surface area contributed by atoms with Crippen LogP contribution in [0.3, 0.4) is 0 Å². The van der Waals surface area contributed by atoms with Crippen LogP contribution in [0.15, 0.2) is 36.0 Å². The molecule has 13 heteroatoms. The minimum absolute atomic E-state index is 0.0152. The summed E-state index contributed by atoms with van der Waals surface area (Å²) < 4.78 is 18.2. The lowest BCUT2D eigenvalue weighted by atomic mass is 9.78. The number of fused-ring (bicyclic) bond motifs is 3. The van der Waals surface area contributed by atoms with Gasteiger partial charge in [0.2, 0.25) is 5.79 Å². The number of aliphatic hydroxyl groups is 5. The van der Waals surface area contributed by atoms with Gasteiger partial charge in [-0.3, -0.25) is 14.4 Å². The molecule has 13 nitrogen and oxygen atoms in total. The number of hydrogen-bond acceptors (Lipinski definition) is 12. The number of Topliss-reactive ketones (excluding diaryl/α,β-unsaturated/α-hetero) is 2. The lowest BCUT2D eigenvalue weighted by Crippen LogP contribution is -2.60. The van der Waals surface area contributed by atoms with E-state index in [1.54, 1.807) is 26.8 Å². The molecular formula is C46H71NO12. The predicted molar refractivity (Wildman–Crippen MR) is 222 cm³/mol. The average molecular weight is 830 g/mol. The third-order valence-corrected chi connectivity index (χ3v) is 12.7. The first kappa shape index (κ1) is 50.1. The van der Waals surface area contributed by atoms with Crippen LogP contribution in [0.1, 0.15) is 112 Å². The van der Waals surface area contributed by atoms with Crippen LogP contribution in [0.5, 0.6) is 0 Å². The van der Waals surface area contributed by atoms with Crippen LogP contribution in [-0.4, -0.2) is 123 Å². The number of carbonyl (C=O) groups excluding carboxylic acids is 4. The molecule has 3 aliphatic heterocycles. The first-order valence-electron chi connectivity index (χ1n) is 21.4. The zero-order valence-corrected chi connectivity index (χ0v) is 36.1. The number of ether oxygens (including phenoxy) is 3. The fourth-order valence-corrected chi connectivity index (χ4v) is 9.32. The van der Waals surface area contributed by atoms with Crippen molar-refractivity contribution in [1.29, 1.82) is 0 Å². The minimum Gasteiger partial charge on any atom is -0.456 e. The number of terminal acetylenes is 1. The number of carbonyl (C=O) groups is 4. The Bertz CT molecular complexity index is 1540. The molecule has 0 aromatic carbocycles. The smallest absolute Gasteiger partial charge is 0.329 e. The number of piperidine rings is 1. The zero-order chi connectivity index (χ0) is 44.0. The monoisotopic (exact) mass is 829 g/mol. The molecule has 3 heterocycles. The maximum Gasteiger partial charge on any atom is 0.329 e. The number of amides is 1. The van der Waals surface area contributed by atoms with E-state index in [2.05, 4.69) is 18.9 Å². The molecule has 1 aliphatic carbocycles. The first-order chi connectivity index (χ1) is 28.0. The van der Waals surface area contributed by atoms with Gasteiger partial charge in [-0.2, -0.15) is 0 Å². The molecular weight excluding hydrogens is 759 g/mol.